The number of carbonyl (C=O) groups excluding carboxylic acids is 1. The second-order valence-electron chi connectivity index (χ2n) is 2.64. The monoisotopic (exact) mass is 178 g/mol. The van der Waals surface area contributed by atoms with Crippen LogP contribution in [-0.2, 0) is 9.53 Å². The van der Waals surface area contributed by atoms with Gasteiger partial charge in [0.15, 0.2) is 6.29 Å². The third kappa shape index (κ3) is 1.23. The number of aliphatic hydroxyl groups excluding tert-OH is 3. The van der Waals surface area contributed by atoms with E-state index in [1.807, 2.05) is 0 Å². The van der Waals surface area contributed by atoms with E-state index in [0.717, 1.165) is 0 Å². The zero-order valence-electron chi connectivity index (χ0n) is 6.12. The fraction of sp³-hybridized carbons (Fsp3) is 0.833. The van der Waals surface area contributed by atoms with Crippen LogP contribution in [0.4, 0.5) is 0 Å². The summed E-state index contributed by atoms with van der Waals surface area (Å²) in [5.41, 5.74) is 0. The van der Waals surface area contributed by atoms with E-state index >= 15 is 0 Å². The van der Waals surface area contributed by atoms with Crippen molar-refractivity contribution in [3.63, 3.8) is 0 Å². The van der Waals surface area contributed by atoms with Gasteiger partial charge in [0.1, 0.15) is 18.3 Å². The van der Waals surface area contributed by atoms with Crippen LogP contribution in [0.25, 0.3) is 0 Å². The van der Waals surface area contributed by atoms with Crippen molar-refractivity contribution < 1.29 is 30.0 Å². The van der Waals surface area contributed by atoms with Crippen molar-refractivity contribution in [2.45, 2.75) is 24.1 Å². The van der Waals surface area contributed by atoms with Gasteiger partial charge in [0.2, 0.25) is 0 Å². The Morgan fingerprint density at radius 3 is 2.33 bits per heavy atom. The largest absolute Gasteiger partial charge is 0.394 e. The smallest absolute Gasteiger partial charge is 0.253 e. The molecule has 0 aromatic carbocycles. The molecule has 0 aliphatic carbocycles. The molecule has 0 unspecified atom stereocenters. The van der Waals surface area contributed by atoms with Crippen molar-refractivity contribution in [2.75, 3.05) is 6.61 Å². The number of aliphatic hydroxyl groups is 4. The van der Waals surface area contributed by atoms with Crippen molar-refractivity contribution in [1.29, 1.82) is 0 Å². The molecule has 1 aliphatic rings. The summed E-state index contributed by atoms with van der Waals surface area (Å²) in [6.07, 6.45) is -4.32. The third-order valence-corrected chi connectivity index (χ3v) is 1.82. The second kappa shape index (κ2) is 3.08. The molecule has 1 saturated heterocycles. The van der Waals surface area contributed by atoms with Crippen LogP contribution in [0.3, 0.4) is 0 Å². The second-order valence-corrected chi connectivity index (χ2v) is 2.64. The summed E-state index contributed by atoms with van der Waals surface area (Å²) in [7, 11) is 0. The molecule has 0 spiro atoms. The summed E-state index contributed by atoms with van der Waals surface area (Å²) in [5.74, 6) is -2.40. The van der Waals surface area contributed by atoms with Crippen LogP contribution in [0.1, 0.15) is 0 Å². The van der Waals surface area contributed by atoms with E-state index in [9.17, 15) is 4.79 Å². The Bertz CT molecular complexity index is 183. The molecule has 0 aromatic heterocycles. The van der Waals surface area contributed by atoms with Gasteiger partial charge in [-0.2, -0.15) is 0 Å². The minimum absolute atomic E-state index is 0.0173. The predicted octanol–water partition coefficient (Wildman–Crippen LogP) is -3.01. The molecule has 1 heterocycles. The van der Waals surface area contributed by atoms with E-state index in [4.69, 9.17) is 20.4 Å². The lowest BCUT2D eigenvalue weighted by atomic mass is 10.1. The van der Waals surface area contributed by atoms with Gasteiger partial charge in [-0.25, -0.2) is 0 Å². The summed E-state index contributed by atoms with van der Waals surface area (Å²) < 4.78 is 4.51. The van der Waals surface area contributed by atoms with Gasteiger partial charge < -0.3 is 25.2 Å². The molecule has 4 N–H and O–H groups in total. The molecule has 70 valence electrons. The average molecular weight is 178 g/mol. The molecule has 4 atom stereocenters. The number of ether oxygens (including phenoxy) is 1. The molecular formula is C6H10O6. The fourth-order valence-electron chi connectivity index (χ4n) is 1.07. The number of hydrogen-bond donors (Lipinski definition) is 4. The first-order chi connectivity index (χ1) is 5.55. The van der Waals surface area contributed by atoms with Crippen molar-refractivity contribution in [3.05, 3.63) is 0 Å². The lowest BCUT2D eigenvalue weighted by molar-refractivity contribution is -0.213. The first-order valence-corrected chi connectivity index (χ1v) is 3.38. The lowest BCUT2D eigenvalue weighted by Crippen LogP contribution is -2.44. The van der Waals surface area contributed by atoms with Gasteiger partial charge in [-0.3, -0.25) is 4.79 Å². The van der Waals surface area contributed by atoms with Crippen molar-refractivity contribution >= 4 is 6.29 Å². The first kappa shape index (κ1) is 9.56. The van der Waals surface area contributed by atoms with E-state index in [2.05, 4.69) is 4.74 Å². The molecule has 0 amide bonds. The van der Waals surface area contributed by atoms with Crippen LogP contribution in [0.15, 0.2) is 0 Å². The summed E-state index contributed by atoms with van der Waals surface area (Å²) >= 11 is 0. The molecule has 6 heteroatoms. The van der Waals surface area contributed by atoms with Crippen LogP contribution in [0.2, 0.25) is 0 Å². The normalized spacial score (nSPS) is 47.8. The molecule has 1 aliphatic heterocycles. The third-order valence-electron chi connectivity index (χ3n) is 1.82. The molecule has 1 fully saturated rings. The van der Waals surface area contributed by atoms with Crippen molar-refractivity contribution in [2.24, 2.45) is 0 Å². The Morgan fingerprint density at radius 1 is 1.50 bits per heavy atom. The van der Waals surface area contributed by atoms with Gasteiger partial charge >= 0.3 is 0 Å². The highest BCUT2D eigenvalue weighted by atomic mass is 16.7. The average Bonchev–Trinajstić information content (AvgIpc) is 2.31. The molecule has 1 rings (SSSR count). The lowest BCUT2D eigenvalue weighted by Gasteiger charge is -2.17. The van der Waals surface area contributed by atoms with Gasteiger partial charge in [-0.1, -0.05) is 0 Å². The molecule has 0 bridgehead atoms. The Morgan fingerprint density at radius 2 is 2.08 bits per heavy atom. The SMILES string of the molecule is O=C[C@@]1(O)O[C@@H](CO)[C@H](O)[C@@H]1O. The summed E-state index contributed by atoms with van der Waals surface area (Å²) in [5, 5.41) is 35.8. The molecular weight excluding hydrogens is 168 g/mol. The minimum atomic E-state index is -2.40. The van der Waals surface area contributed by atoms with Crippen LogP contribution in [-0.4, -0.2) is 57.4 Å². The van der Waals surface area contributed by atoms with Gasteiger partial charge in [0.25, 0.3) is 5.79 Å². The summed E-state index contributed by atoms with van der Waals surface area (Å²) in [6, 6.07) is 0. The van der Waals surface area contributed by atoms with Crippen molar-refractivity contribution in [1.82, 2.24) is 0 Å². The maximum atomic E-state index is 10.2. The van der Waals surface area contributed by atoms with Crippen LogP contribution < -0.4 is 0 Å². The zero-order chi connectivity index (χ0) is 9.35. The van der Waals surface area contributed by atoms with E-state index < -0.39 is 30.7 Å². The highest BCUT2D eigenvalue weighted by molar-refractivity contribution is 5.61. The Labute approximate surface area is 68.0 Å². The van der Waals surface area contributed by atoms with Crippen LogP contribution >= 0.6 is 0 Å². The number of carbonyl (C=O) groups is 1. The number of rotatable bonds is 2. The standard InChI is InChI=1S/C6H10O6/c7-1-3-4(9)5(10)6(11,2-8)12-3/h2-5,7,9-11H,1H2/t3-,4-,5-,6+/m0/s1. The van der Waals surface area contributed by atoms with E-state index in [0.29, 0.717) is 0 Å². The summed E-state index contributed by atoms with van der Waals surface area (Å²) in [4.78, 5) is 10.2. The minimum Gasteiger partial charge on any atom is -0.394 e. The fourth-order valence-corrected chi connectivity index (χ4v) is 1.07. The molecule has 0 saturated carbocycles. The van der Waals surface area contributed by atoms with E-state index in [1.165, 1.54) is 0 Å². The summed E-state index contributed by atoms with van der Waals surface area (Å²) in [6.45, 7) is -0.575. The molecule has 0 radical (unpaired) electrons. The molecule has 12 heavy (non-hydrogen) atoms. The Balaban J connectivity index is 2.79. The maximum absolute atomic E-state index is 10.2. The van der Waals surface area contributed by atoms with E-state index in [-0.39, 0.29) is 6.29 Å². The van der Waals surface area contributed by atoms with Gasteiger partial charge in [-0.05, 0) is 0 Å². The number of hydrogen-bond acceptors (Lipinski definition) is 6. The Hall–Kier alpha value is -0.530. The maximum Gasteiger partial charge on any atom is 0.253 e. The first-order valence-electron chi connectivity index (χ1n) is 3.38. The molecule has 0 aromatic rings. The van der Waals surface area contributed by atoms with E-state index in [1.54, 1.807) is 0 Å². The van der Waals surface area contributed by atoms with Crippen LogP contribution in [0.5, 0.6) is 0 Å². The Kier molecular flexibility index (Phi) is 2.45. The highest BCUT2D eigenvalue weighted by Gasteiger charge is 2.53. The predicted molar refractivity (Wildman–Crippen MR) is 35.0 cm³/mol. The quantitative estimate of drug-likeness (QED) is 0.335. The zero-order valence-corrected chi connectivity index (χ0v) is 6.12. The topological polar surface area (TPSA) is 107 Å². The highest BCUT2D eigenvalue weighted by Crippen LogP contribution is 2.26. The van der Waals surface area contributed by atoms with Crippen LogP contribution in [0, 0.1) is 0 Å². The van der Waals surface area contributed by atoms with Gasteiger partial charge in [0.05, 0.1) is 6.61 Å². The number of aldehydes is 1. The van der Waals surface area contributed by atoms with Crippen molar-refractivity contribution in [3.8, 4) is 0 Å². The molecule has 6 nitrogen and oxygen atoms in total. The van der Waals surface area contributed by atoms with Gasteiger partial charge in [0, 0.05) is 0 Å². The van der Waals surface area contributed by atoms with Gasteiger partial charge in [-0.15, -0.1) is 0 Å².